The van der Waals surface area contributed by atoms with Crippen molar-refractivity contribution >= 4 is 5.95 Å². The van der Waals surface area contributed by atoms with Gasteiger partial charge in [-0.25, -0.2) is 14.8 Å². The first-order valence-corrected chi connectivity index (χ1v) is 15.2. The van der Waals surface area contributed by atoms with Crippen molar-refractivity contribution in [1.29, 1.82) is 0 Å². The summed E-state index contributed by atoms with van der Waals surface area (Å²) in [6, 6.07) is 10.3. The number of ether oxygens (including phenoxy) is 1. The first kappa shape index (κ1) is 27.6. The van der Waals surface area contributed by atoms with E-state index in [1.807, 2.05) is 50.4 Å². The quantitative estimate of drug-likeness (QED) is 0.335. The highest BCUT2D eigenvalue weighted by Crippen LogP contribution is 2.37. The fourth-order valence-corrected chi connectivity index (χ4v) is 6.60. The van der Waals surface area contributed by atoms with Crippen molar-refractivity contribution in [1.82, 2.24) is 19.1 Å². The Bertz CT molecular complexity index is 1250. The highest BCUT2D eigenvalue weighted by molar-refractivity contribution is 5.59. The van der Waals surface area contributed by atoms with E-state index in [1.165, 1.54) is 77.0 Å². The van der Waals surface area contributed by atoms with Crippen molar-refractivity contribution in [2.24, 2.45) is 11.8 Å². The van der Waals surface area contributed by atoms with Crippen LogP contribution < -0.4 is 11.0 Å². The van der Waals surface area contributed by atoms with Crippen molar-refractivity contribution < 1.29 is 4.74 Å². The molecule has 2 aromatic heterocycles. The average molecular weight is 532 g/mol. The molecule has 0 radical (unpaired) electrons. The maximum atomic E-state index is 13.4. The standard InChI is InChI=1S/C32H45N5O2/c1-3-39-23-36-22-30(37(32(36)38)28-14-10-11-24(2)21-28)29-19-20-33-31(35-29)34-27-17-15-26(16-18-27)25-12-8-6-4-5-7-9-13-25/h10-11,14,19-22,25-27H,3-9,12-13,15-18,23H2,1-2H3,(H,33,34,35). The van der Waals surface area contributed by atoms with Crippen molar-refractivity contribution in [2.75, 3.05) is 11.9 Å². The first-order chi connectivity index (χ1) is 19.1. The summed E-state index contributed by atoms with van der Waals surface area (Å²) in [6.45, 7) is 4.72. The molecule has 0 atom stereocenters. The second-order valence-corrected chi connectivity index (χ2v) is 11.5. The number of hydrogen-bond donors (Lipinski definition) is 1. The zero-order valence-electron chi connectivity index (χ0n) is 23.8. The van der Waals surface area contributed by atoms with Gasteiger partial charge in [-0.3, -0.25) is 9.13 Å². The molecular weight excluding hydrogens is 486 g/mol. The van der Waals surface area contributed by atoms with E-state index in [1.54, 1.807) is 15.3 Å². The number of aryl methyl sites for hydroxylation is 1. The molecule has 0 spiro atoms. The van der Waals surface area contributed by atoms with E-state index in [-0.39, 0.29) is 12.4 Å². The lowest BCUT2D eigenvalue weighted by Gasteiger charge is -2.34. The van der Waals surface area contributed by atoms with Gasteiger partial charge in [-0.15, -0.1) is 0 Å². The van der Waals surface area contributed by atoms with Crippen LogP contribution in [0.25, 0.3) is 17.1 Å². The number of hydrogen-bond acceptors (Lipinski definition) is 5. The number of anilines is 1. The van der Waals surface area contributed by atoms with Crippen LogP contribution in [0.1, 0.15) is 89.5 Å². The second kappa shape index (κ2) is 13.4. The number of nitrogens with one attached hydrogen (secondary N) is 1. The molecule has 0 amide bonds. The van der Waals surface area contributed by atoms with Gasteiger partial charge < -0.3 is 10.1 Å². The van der Waals surface area contributed by atoms with Gasteiger partial charge in [0.25, 0.3) is 0 Å². The van der Waals surface area contributed by atoms with Crippen LogP contribution in [0.5, 0.6) is 0 Å². The van der Waals surface area contributed by atoms with Crippen LogP contribution >= 0.6 is 0 Å². The molecule has 3 aromatic rings. The molecule has 2 aliphatic carbocycles. The van der Waals surface area contributed by atoms with Gasteiger partial charge in [0, 0.05) is 25.0 Å². The number of benzene rings is 1. The van der Waals surface area contributed by atoms with Gasteiger partial charge in [-0.2, -0.15) is 0 Å². The highest BCUT2D eigenvalue weighted by atomic mass is 16.5. The van der Waals surface area contributed by atoms with E-state index in [9.17, 15) is 4.79 Å². The summed E-state index contributed by atoms with van der Waals surface area (Å²) in [5.41, 5.74) is 3.24. The predicted molar refractivity (Wildman–Crippen MR) is 157 cm³/mol. The summed E-state index contributed by atoms with van der Waals surface area (Å²) in [4.78, 5) is 22.8. The Morgan fingerprint density at radius 3 is 2.38 bits per heavy atom. The minimum absolute atomic E-state index is 0.139. The fraction of sp³-hybridized carbons (Fsp3) is 0.594. The van der Waals surface area contributed by atoms with Gasteiger partial charge in [-0.05, 0) is 75.1 Å². The molecule has 7 heteroatoms. The van der Waals surface area contributed by atoms with Gasteiger partial charge in [-0.1, -0.05) is 63.5 Å². The van der Waals surface area contributed by atoms with E-state index in [0.717, 1.165) is 34.5 Å². The molecule has 2 aliphatic rings. The predicted octanol–water partition coefficient (Wildman–Crippen LogP) is 7.12. The Labute approximate surface area is 233 Å². The molecule has 5 rings (SSSR count). The molecule has 7 nitrogen and oxygen atoms in total. The summed E-state index contributed by atoms with van der Waals surface area (Å²) >= 11 is 0. The van der Waals surface area contributed by atoms with E-state index in [0.29, 0.717) is 18.6 Å². The lowest BCUT2D eigenvalue weighted by molar-refractivity contribution is 0.0854. The van der Waals surface area contributed by atoms with Gasteiger partial charge in [0.05, 0.1) is 17.1 Å². The second-order valence-electron chi connectivity index (χ2n) is 11.5. The van der Waals surface area contributed by atoms with E-state index in [2.05, 4.69) is 10.3 Å². The lowest BCUT2D eigenvalue weighted by Crippen LogP contribution is -2.30. The monoisotopic (exact) mass is 531 g/mol. The third-order valence-corrected chi connectivity index (χ3v) is 8.74. The lowest BCUT2D eigenvalue weighted by atomic mass is 9.74. The maximum absolute atomic E-state index is 13.4. The highest BCUT2D eigenvalue weighted by Gasteiger charge is 2.28. The maximum Gasteiger partial charge on any atom is 0.335 e. The zero-order valence-corrected chi connectivity index (χ0v) is 23.8. The van der Waals surface area contributed by atoms with Gasteiger partial charge in [0.2, 0.25) is 5.95 Å². The Morgan fingerprint density at radius 1 is 0.949 bits per heavy atom. The summed E-state index contributed by atoms with van der Waals surface area (Å²) < 4.78 is 8.89. The molecule has 1 N–H and O–H groups in total. The molecule has 0 aliphatic heterocycles. The smallest absolute Gasteiger partial charge is 0.335 e. The van der Waals surface area contributed by atoms with E-state index >= 15 is 0 Å². The molecule has 2 fully saturated rings. The van der Waals surface area contributed by atoms with Crippen LogP contribution in [0.15, 0.2) is 47.5 Å². The summed E-state index contributed by atoms with van der Waals surface area (Å²) in [5.74, 6) is 2.43. The number of imidazole rings is 1. The Hall–Kier alpha value is -2.93. The third-order valence-electron chi connectivity index (χ3n) is 8.74. The largest absolute Gasteiger partial charge is 0.361 e. The van der Waals surface area contributed by atoms with Crippen LogP contribution in [0.2, 0.25) is 0 Å². The van der Waals surface area contributed by atoms with Gasteiger partial charge in [0.1, 0.15) is 6.73 Å². The normalized spacial score (nSPS) is 21.2. The summed E-state index contributed by atoms with van der Waals surface area (Å²) in [7, 11) is 0. The number of rotatable bonds is 8. The Balaban J connectivity index is 1.30. The van der Waals surface area contributed by atoms with Crippen molar-refractivity contribution in [3.8, 4) is 17.1 Å². The molecule has 2 saturated carbocycles. The van der Waals surface area contributed by atoms with Gasteiger partial charge >= 0.3 is 5.69 Å². The molecule has 210 valence electrons. The topological polar surface area (TPSA) is 74.0 Å². The van der Waals surface area contributed by atoms with Crippen molar-refractivity contribution in [3.05, 3.63) is 58.8 Å². The van der Waals surface area contributed by atoms with Crippen LogP contribution in [0.4, 0.5) is 5.95 Å². The third kappa shape index (κ3) is 6.99. The van der Waals surface area contributed by atoms with Crippen molar-refractivity contribution in [3.63, 3.8) is 0 Å². The molecule has 39 heavy (non-hydrogen) atoms. The van der Waals surface area contributed by atoms with Crippen LogP contribution in [-0.4, -0.2) is 31.8 Å². The Kier molecular flexibility index (Phi) is 9.51. The van der Waals surface area contributed by atoms with E-state index < -0.39 is 0 Å². The summed E-state index contributed by atoms with van der Waals surface area (Å²) in [5, 5.41) is 3.63. The van der Waals surface area contributed by atoms with Crippen LogP contribution in [0.3, 0.4) is 0 Å². The minimum Gasteiger partial charge on any atom is -0.361 e. The van der Waals surface area contributed by atoms with Crippen LogP contribution in [0, 0.1) is 18.8 Å². The molecule has 2 heterocycles. The minimum atomic E-state index is -0.139. The molecule has 0 saturated heterocycles. The first-order valence-electron chi connectivity index (χ1n) is 15.2. The molecule has 0 unspecified atom stereocenters. The number of aromatic nitrogens is 4. The Morgan fingerprint density at radius 2 is 1.67 bits per heavy atom. The fourth-order valence-electron chi connectivity index (χ4n) is 6.60. The summed E-state index contributed by atoms with van der Waals surface area (Å²) in [6.07, 6.45) is 20.0. The van der Waals surface area contributed by atoms with Crippen LogP contribution in [-0.2, 0) is 11.5 Å². The molecule has 0 bridgehead atoms. The van der Waals surface area contributed by atoms with Gasteiger partial charge in [0.15, 0.2) is 0 Å². The van der Waals surface area contributed by atoms with Crippen molar-refractivity contribution in [2.45, 2.75) is 104 Å². The SMILES string of the molecule is CCOCn1cc(-c2ccnc(NC3CCC(C4CCCCCCCC4)CC3)n2)n(-c2cccc(C)c2)c1=O. The zero-order chi connectivity index (χ0) is 27.0. The average Bonchev–Trinajstić information content (AvgIpc) is 3.35. The number of nitrogens with zero attached hydrogens (tertiary/aromatic N) is 4. The molecule has 1 aromatic carbocycles. The van der Waals surface area contributed by atoms with E-state index in [4.69, 9.17) is 9.72 Å². The molecular formula is C32H45N5O2.